The van der Waals surface area contributed by atoms with Crippen LogP contribution in [0.2, 0.25) is 0 Å². The van der Waals surface area contributed by atoms with E-state index in [0.717, 1.165) is 75.0 Å². The first-order chi connectivity index (χ1) is 25.6. The molecule has 8 fully saturated rings. The summed E-state index contributed by atoms with van der Waals surface area (Å²) in [7, 11) is 0. The van der Waals surface area contributed by atoms with Crippen LogP contribution in [0.25, 0.3) is 0 Å². The molecule has 8 aliphatic rings. The van der Waals surface area contributed by atoms with E-state index in [0.29, 0.717) is 41.4 Å². The largest absolute Gasteiger partial charge is 0.393 e. The molecule has 8 saturated carbocycles. The number of fused-ring (bicyclic) bond motifs is 10. The molecule has 0 amide bonds. The quantitative estimate of drug-likeness (QED) is 0.169. The third-order valence-corrected chi connectivity index (χ3v) is 20.7. The summed E-state index contributed by atoms with van der Waals surface area (Å²) in [4.78, 5) is 26.1. The lowest BCUT2D eigenvalue weighted by atomic mass is 9.43. The van der Waals surface area contributed by atoms with E-state index < -0.39 is 12.1 Å². The van der Waals surface area contributed by atoms with Crippen molar-refractivity contribution in [1.82, 2.24) is 0 Å². The fourth-order valence-electron chi connectivity index (χ4n) is 17.7. The van der Waals surface area contributed by atoms with Crippen LogP contribution in [0.4, 0.5) is 0 Å². The van der Waals surface area contributed by atoms with Crippen LogP contribution >= 0.6 is 0 Å². The molecule has 6 nitrogen and oxygen atoms in total. The molecule has 0 radical (unpaired) electrons. The Labute approximate surface area is 328 Å². The van der Waals surface area contributed by atoms with Crippen LogP contribution < -0.4 is 0 Å². The molecule has 0 aromatic heterocycles. The Balaban J connectivity index is 0.815. The molecule has 19 atom stereocenters. The summed E-state index contributed by atoms with van der Waals surface area (Å²) in [5, 5.41) is 34.0. The van der Waals surface area contributed by atoms with Crippen LogP contribution in [-0.4, -0.2) is 45.6 Å². The fourth-order valence-corrected chi connectivity index (χ4v) is 17.7. The second-order valence-corrected chi connectivity index (χ2v) is 22.5. The standard InChI is InChI=1S/C48H78O6/c1-28(34-14-16-36-33-13-12-30-9-7-8-22-45(30,3)37(33)21-24-47(34,36)5)10-18-42(52)54-43(53)19-11-29(2)35-15-17-38-44-39(27-41(51)48(35,38)6)46(4)23-20-32(49)25-31(46)26-40(44)50/h28-41,44,49-51H,7-27H2,1-6H3/t28-,29-,30?,31+,32-,33+,34-,35-,36+,37+,38?,39?,40-,41+,44?,45+,46+,47-,48-/m1/s1. The van der Waals surface area contributed by atoms with Gasteiger partial charge in [-0.25, -0.2) is 0 Å². The highest BCUT2D eigenvalue weighted by Crippen LogP contribution is 2.70. The molecule has 0 heterocycles. The number of ether oxygens (including phenoxy) is 1. The molecule has 54 heavy (non-hydrogen) atoms. The van der Waals surface area contributed by atoms with Crippen LogP contribution in [0, 0.1) is 92.7 Å². The van der Waals surface area contributed by atoms with Gasteiger partial charge >= 0.3 is 11.9 Å². The summed E-state index contributed by atoms with van der Waals surface area (Å²) in [6.45, 7) is 14.5. The molecule has 4 unspecified atom stereocenters. The second-order valence-electron chi connectivity index (χ2n) is 22.5. The number of rotatable bonds is 8. The third kappa shape index (κ3) is 6.33. The highest BCUT2D eigenvalue weighted by atomic mass is 16.6. The second kappa shape index (κ2) is 14.7. The van der Waals surface area contributed by atoms with Gasteiger partial charge in [-0.2, -0.15) is 0 Å². The third-order valence-electron chi connectivity index (χ3n) is 20.7. The van der Waals surface area contributed by atoms with E-state index in [2.05, 4.69) is 41.5 Å². The number of aliphatic hydroxyl groups excluding tert-OH is 3. The molecule has 6 heteroatoms. The molecule has 8 rings (SSSR count). The Morgan fingerprint density at radius 2 is 1.24 bits per heavy atom. The molecular weight excluding hydrogens is 673 g/mol. The molecule has 3 N–H and O–H groups in total. The van der Waals surface area contributed by atoms with Crippen molar-refractivity contribution >= 4 is 11.9 Å². The Morgan fingerprint density at radius 3 is 1.98 bits per heavy atom. The van der Waals surface area contributed by atoms with E-state index in [4.69, 9.17) is 4.74 Å². The number of aliphatic hydroxyl groups is 3. The van der Waals surface area contributed by atoms with E-state index in [9.17, 15) is 24.9 Å². The molecular formula is C48H78O6. The van der Waals surface area contributed by atoms with Crippen molar-refractivity contribution in [3.63, 3.8) is 0 Å². The maximum Gasteiger partial charge on any atom is 0.313 e. The van der Waals surface area contributed by atoms with Crippen molar-refractivity contribution in [2.24, 2.45) is 92.7 Å². The highest BCUT2D eigenvalue weighted by molar-refractivity contribution is 5.85. The number of carbonyl (C=O) groups excluding carboxylic acids is 2. The Hall–Kier alpha value is -0.980. The molecule has 8 aliphatic carbocycles. The summed E-state index contributed by atoms with van der Waals surface area (Å²) in [5.41, 5.74) is 0.719. The average molecular weight is 751 g/mol. The molecule has 0 bridgehead atoms. The zero-order valence-corrected chi connectivity index (χ0v) is 35.1. The van der Waals surface area contributed by atoms with Gasteiger partial charge in [-0.15, -0.1) is 0 Å². The Morgan fingerprint density at radius 1 is 0.611 bits per heavy atom. The molecule has 306 valence electrons. The number of hydrogen-bond donors (Lipinski definition) is 3. The zero-order chi connectivity index (χ0) is 38.4. The maximum atomic E-state index is 13.1. The van der Waals surface area contributed by atoms with E-state index in [1.165, 1.54) is 64.2 Å². The van der Waals surface area contributed by atoms with Crippen LogP contribution in [0.15, 0.2) is 0 Å². The normalized spacial score (nSPS) is 52.1. The van der Waals surface area contributed by atoms with Gasteiger partial charge in [0.2, 0.25) is 0 Å². The van der Waals surface area contributed by atoms with Gasteiger partial charge in [0.1, 0.15) is 0 Å². The van der Waals surface area contributed by atoms with Crippen molar-refractivity contribution in [3.05, 3.63) is 0 Å². The van der Waals surface area contributed by atoms with E-state index in [-0.39, 0.29) is 65.0 Å². The van der Waals surface area contributed by atoms with Gasteiger partial charge in [-0.05, 0) is 202 Å². The van der Waals surface area contributed by atoms with Crippen LogP contribution in [0.5, 0.6) is 0 Å². The summed E-state index contributed by atoms with van der Waals surface area (Å²) in [6, 6.07) is 0. The highest BCUT2D eigenvalue weighted by Gasteiger charge is 2.66. The van der Waals surface area contributed by atoms with Crippen LogP contribution in [0.1, 0.15) is 176 Å². The lowest BCUT2D eigenvalue weighted by Gasteiger charge is -2.63. The summed E-state index contributed by atoms with van der Waals surface area (Å²) < 4.78 is 5.47. The predicted octanol–water partition coefficient (Wildman–Crippen LogP) is 9.90. The minimum atomic E-state index is -0.438. The minimum Gasteiger partial charge on any atom is -0.393 e. The summed E-state index contributed by atoms with van der Waals surface area (Å²) in [5.74, 6) is 5.47. The van der Waals surface area contributed by atoms with Crippen LogP contribution in [0.3, 0.4) is 0 Å². The van der Waals surface area contributed by atoms with Crippen molar-refractivity contribution in [2.45, 2.75) is 195 Å². The molecule has 0 aromatic rings. The maximum absolute atomic E-state index is 13.1. The first-order valence-electron chi connectivity index (χ1n) is 23.4. The monoisotopic (exact) mass is 751 g/mol. The van der Waals surface area contributed by atoms with E-state index >= 15 is 0 Å². The lowest BCUT2D eigenvalue weighted by Crippen LogP contribution is -2.62. The fraction of sp³-hybridized carbons (Fsp3) is 0.958. The summed E-state index contributed by atoms with van der Waals surface area (Å²) >= 11 is 0. The number of carbonyl (C=O) groups is 2. The minimum absolute atomic E-state index is 0.0621. The van der Waals surface area contributed by atoms with Gasteiger partial charge in [0.15, 0.2) is 0 Å². The van der Waals surface area contributed by atoms with Gasteiger partial charge in [-0.3, -0.25) is 9.59 Å². The number of hydrogen-bond acceptors (Lipinski definition) is 6. The van der Waals surface area contributed by atoms with Crippen LogP contribution in [-0.2, 0) is 14.3 Å². The molecule has 0 aliphatic heterocycles. The lowest BCUT2D eigenvalue weighted by molar-refractivity contribution is -0.207. The Kier molecular flexibility index (Phi) is 10.8. The summed E-state index contributed by atoms with van der Waals surface area (Å²) in [6.07, 6.45) is 21.1. The van der Waals surface area contributed by atoms with Gasteiger partial charge in [0.05, 0.1) is 18.3 Å². The van der Waals surface area contributed by atoms with E-state index in [1.54, 1.807) is 0 Å². The zero-order valence-electron chi connectivity index (χ0n) is 35.1. The van der Waals surface area contributed by atoms with E-state index in [1.807, 2.05) is 0 Å². The molecule has 0 spiro atoms. The SMILES string of the molecule is C[C@H](CCC(=O)OC(=O)CC[C@@H](C)[C@H]1CCC2C3C(C[C@H](O)[C@@]21C)[C@@]1(C)CC[C@@H](O)C[C@H]1C[C@H]3O)[C@H]1CC[C@H]2[C@@H]3CCC4CCCC[C@]4(C)[C@H]3CC[C@]12C. The topological polar surface area (TPSA) is 104 Å². The Bertz CT molecular complexity index is 1400. The smallest absolute Gasteiger partial charge is 0.313 e. The molecule has 0 saturated heterocycles. The predicted molar refractivity (Wildman–Crippen MR) is 212 cm³/mol. The number of esters is 2. The van der Waals surface area contributed by atoms with Crippen molar-refractivity contribution < 1.29 is 29.6 Å². The average Bonchev–Trinajstić information content (AvgIpc) is 3.68. The van der Waals surface area contributed by atoms with Crippen molar-refractivity contribution in [2.75, 3.05) is 0 Å². The van der Waals surface area contributed by atoms with Crippen molar-refractivity contribution in [1.29, 1.82) is 0 Å². The van der Waals surface area contributed by atoms with Gasteiger partial charge in [0.25, 0.3) is 0 Å². The van der Waals surface area contributed by atoms with Gasteiger partial charge < -0.3 is 20.1 Å². The first-order valence-corrected chi connectivity index (χ1v) is 23.4. The van der Waals surface area contributed by atoms with Gasteiger partial charge in [-0.1, -0.05) is 54.4 Å². The first kappa shape index (κ1) is 39.8. The van der Waals surface area contributed by atoms with Gasteiger partial charge in [0, 0.05) is 12.8 Å². The van der Waals surface area contributed by atoms with Crippen molar-refractivity contribution in [3.8, 4) is 0 Å². The molecule has 0 aromatic carbocycles.